The van der Waals surface area contributed by atoms with Crippen LogP contribution < -0.4 is 15.4 Å². The van der Waals surface area contributed by atoms with Crippen LogP contribution >= 0.6 is 0 Å². The number of aliphatic hydroxyl groups is 1. The lowest BCUT2D eigenvalue weighted by atomic mass is 10.1. The number of aliphatic hydroxyl groups excluding tert-OH is 1. The van der Waals surface area contributed by atoms with Gasteiger partial charge in [-0.2, -0.15) is 8.78 Å². The predicted octanol–water partition coefficient (Wildman–Crippen LogP) is 2.81. The minimum absolute atomic E-state index is 0.0487. The van der Waals surface area contributed by atoms with Gasteiger partial charge in [-0.15, -0.1) is 0 Å². The maximum Gasteiger partial charge on any atom is 0.387 e. The van der Waals surface area contributed by atoms with Gasteiger partial charge in [-0.1, -0.05) is 19.1 Å². The van der Waals surface area contributed by atoms with Gasteiger partial charge in [0.05, 0.1) is 12.1 Å². The van der Waals surface area contributed by atoms with Gasteiger partial charge in [0.15, 0.2) is 0 Å². The fraction of sp³-hybridized carbons (Fsp3) is 0.533. The molecular weight excluding hydrogens is 294 g/mol. The molecule has 7 heteroatoms. The lowest BCUT2D eigenvalue weighted by Crippen LogP contribution is -2.38. The molecule has 0 fully saturated rings. The summed E-state index contributed by atoms with van der Waals surface area (Å²) in [6.45, 7) is 1.08. The van der Waals surface area contributed by atoms with Crippen molar-refractivity contribution in [2.45, 2.75) is 45.4 Å². The lowest BCUT2D eigenvalue weighted by Gasteiger charge is -2.16. The highest BCUT2D eigenvalue weighted by Crippen LogP contribution is 2.20. The fourth-order valence-electron chi connectivity index (χ4n) is 1.85. The maximum atomic E-state index is 12.2. The van der Waals surface area contributed by atoms with E-state index >= 15 is 0 Å². The van der Waals surface area contributed by atoms with E-state index in [0.29, 0.717) is 24.9 Å². The Morgan fingerprint density at radius 1 is 1.41 bits per heavy atom. The molecule has 0 radical (unpaired) electrons. The molecule has 2 unspecified atom stereocenters. The molecule has 0 heterocycles. The van der Waals surface area contributed by atoms with Crippen LogP contribution in [0.25, 0.3) is 0 Å². The first-order valence-corrected chi connectivity index (χ1v) is 7.19. The topological polar surface area (TPSA) is 70.6 Å². The molecule has 0 saturated heterocycles. The molecule has 0 saturated carbocycles. The first-order valence-electron chi connectivity index (χ1n) is 7.19. The summed E-state index contributed by atoms with van der Waals surface area (Å²) in [5, 5.41) is 14.7. The van der Waals surface area contributed by atoms with E-state index in [1.54, 1.807) is 19.1 Å². The van der Waals surface area contributed by atoms with E-state index in [0.717, 1.165) is 0 Å². The van der Waals surface area contributed by atoms with Crippen molar-refractivity contribution < 1.29 is 23.4 Å². The van der Waals surface area contributed by atoms with Crippen LogP contribution in [0, 0.1) is 0 Å². The zero-order chi connectivity index (χ0) is 16.5. The van der Waals surface area contributed by atoms with Gasteiger partial charge in [-0.05, 0) is 37.5 Å². The van der Waals surface area contributed by atoms with E-state index < -0.39 is 12.7 Å². The number of nitrogens with one attached hydrogen (secondary N) is 2. The molecule has 0 aromatic heterocycles. The van der Waals surface area contributed by atoms with Crippen molar-refractivity contribution in [1.29, 1.82) is 0 Å². The van der Waals surface area contributed by atoms with Crippen LogP contribution in [0.1, 0.15) is 38.3 Å². The predicted molar refractivity (Wildman–Crippen MR) is 78.9 cm³/mol. The number of hydrogen-bond acceptors (Lipinski definition) is 3. The quantitative estimate of drug-likeness (QED) is 0.690. The number of ether oxygens (including phenoxy) is 1. The summed E-state index contributed by atoms with van der Waals surface area (Å²) in [6, 6.07) is 5.44. The average Bonchev–Trinajstić information content (AvgIpc) is 2.46. The number of rotatable bonds is 8. The van der Waals surface area contributed by atoms with Gasteiger partial charge < -0.3 is 20.5 Å². The second-order valence-electron chi connectivity index (χ2n) is 4.92. The number of alkyl halides is 2. The molecule has 2 atom stereocenters. The molecule has 124 valence electrons. The number of urea groups is 1. The molecular formula is C15H22F2N2O3. The fourth-order valence-corrected chi connectivity index (χ4v) is 1.85. The molecule has 2 amide bonds. The van der Waals surface area contributed by atoms with Crippen LogP contribution in [0.15, 0.2) is 24.3 Å². The van der Waals surface area contributed by atoms with Crippen molar-refractivity contribution >= 4 is 6.03 Å². The molecule has 3 N–H and O–H groups in total. The highest BCUT2D eigenvalue weighted by Gasteiger charge is 2.11. The van der Waals surface area contributed by atoms with Crippen molar-refractivity contribution in [1.82, 2.24) is 10.6 Å². The van der Waals surface area contributed by atoms with Crippen molar-refractivity contribution in [3.8, 4) is 5.75 Å². The molecule has 0 spiro atoms. The Morgan fingerprint density at radius 3 is 2.77 bits per heavy atom. The number of amides is 2. The molecule has 1 aromatic carbocycles. The summed E-state index contributed by atoms with van der Waals surface area (Å²) in [7, 11) is 0. The summed E-state index contributed by atoms with van der Waals surface area (Å²) in [4.78, 5) is 11.7. The van der Waals surface area contributed by atoms with Crippen LogP contribution in [-0.4, -0.2) is 30.4 Å². The Kier molecular flexibility index (Phi) is 7.59. The number of benzene rings is 1. The van der Waals surface area contributed by atoms with Crippen LogP contribution in [0.5, 0.6) is 5.75 Å². The molecule has 22 heavy (non-hydrogen) atoms. The monoisotopic (exact) mass is 316 g/mol. The van der Waals surface area contributed by atoms with Gasteiger partial charge in [-0.3, -0.25) is 0 Å². The van der Waals surface area contributed by atoms with Crippen LogP contribution in [-0.2, 0) is 0 Å². The zero-order valence-electron chi connectivity index (χ0n) is 12.7. The Balaban J connectivity index is 2.47. The number of carbonyl (C=O) groups excluding carboxylic acids is 1. The first kappa shape index (κ1) is 18.2. The van der Waals surface area contributed by atoms with Crippen LogP contribution in [0.2, 0.25) is 0 Å². The van der Waals surface area contributed by atoms with E-state index in [9.17, 15) is 18.7 Å². The Labute approximate surface area is 128 Å². The van der Waals surface area contributed by atoms with Gasteiger partial charge in [0.25, 0.3) is 0 Å². The summed E-state index contributed by atoms with van der Waals surface area (Å²) >= 11 is 0. The molecule has 0 aliphatic heterocycles. The van der Waals surface area contributed by atoms with Crippen molar-refractivity contribution in [2.75, 3.05) is 6.54 Å². The van der Waals surface area contributed by atoms with Crippen molar-refractivity contribution in [3.63, 3.8) is 0 Å². The van der Waals surface area contributed by atoms with E-state index in [-0.39, 0.29) is 17.8 Å². The molecule has 5 nitrogen and oxygen atoms in total. The minimum atomic E-state index is -2.88. The lowest BCUT2D eigenvalue weighted by molar-refractivity contribution is -0.0499. The Morgan fingerprint density at radius 2 is 2.14 bits per heavy atom. The van der Waals surface area contributed by atoms with E-state index in [2.05, 4.69) is 15.4 Å². The summed E-state index contributed by atoms with van der Waals surface area (Å²) < 4.78 is 28.7. The van der Waals surface area contributed by atoms with Gasteiger partial charge in [0, 0.05) is 6.54 Å². The highest BCUT2D eigenvalue weighted by atomic mass is 19.3. The summed E-state index contributed by atoms with van der Waals surface area (Å²) in [5.74, 6) is 0.0487. The maximum absolute atomic E-state index is 12.2. The Hall–Kier alpha value is -1.89. The van der Waals surface area contributed by atoms with E-state index in [1.165, 1.54) is 12.1 Å². The second-order valence-corrected chi connectivity index (χ2v) is 4.92. The van der Waals surface area contributed by atoms with Gasteiger partial charge in [0.1, 0.15) is 5.75 Å². The molecule has 0 aliphatic rings. The largest absolute Gasteiger partial charge is 0.435 e. The summed E-state index contributed by atoms with van der Waals surface area (Å²) in [6.07, 6.45) is 0.688. The van der Waals surface area contributed by atoms with Crippen molar-refractivity contribution in [3.05, 3.63) is 29.8 Å². The molecule has 0 aliphatic carbocycles. The van der Waals surface area contributed by atoms with Crippen molar-refractivity contribution in [2.24, 2.45) is 0 Å². The highest BCUT2D eigenvalue weighted by molar-refractivity contribution is 5.74. The normalized spacial score (nSPS) is 13.5. The molecule has 1 aromatic rings. The molecule has 1 rings (SSSR count). The summed E-state index contributed by atoms with van der Waals surface area (Å²) in [5.41, 5.74) is 0.655. The third-order valence-electron chi connectivity index (χ3n) is 3.17. The standard InChI is InChI=1S/C15H22F2N2O3/c1-3-12(20)7-8-18-15(21)19-10(2)11-5-4-6-13(9-11)22-14(16)17/h4-6,9-10,12,14,20H,3,7-8H2,1-2H3,(H2,18,19,21). The Bertz CT molecular complexity index is 472. The van der Waals surface area contributed by atoms with E-state index in [1.807, 2.05) is 6.92 Å². The minimum Gasteiger partial charge on any atom is -0.435 e. The first-order chi connectivity index (χ1) is 10.4. The smallest absolute Gasteiger partial charge is 0.387 e. The molecule has 0 bridgehead atoms. The third-order valence-corrected chi connectivity index (χ3v) is 3.17. The number of halogens is 2. The third kappa shape index (κ3) is 6.71. The van der Waals surface area contributed by atoms with Crippen LogP contribution in [0.4, 0.5) is 13.6 Å². The number of carbonyl (C=O) groups is 1. The van der Waals surface area contributed by atoms with E-state index in [4.69, 9.17) is 0 Å². The van der Waals surface area contributed by atoms with Crippen LogP contribution in [0.3, 0.4) is 0 Å². The average molecular weight is 316 g/mol. The SMILES string of the molecule is CCC(O)CCNC(=O)NC(C)c1cccc(OC(F)F)c1. The number of hydrogen-bond donors (Lipinski definition) is 3. The van der Waals surface area contributed by atoms with Gasteiger partial charge in [-0.25, -0.2) is 4.79 Å². The van der Waals surface area contributed by atoms with Gasteiger partial charge in [0.2, 0.25) is 0 Å². The zero-order valence-corrected chi connectivity index (χ0v) is 12.7. The second kappa shape index (κ2) is 9.19. The van der Waals surface area contributed by atoms with Gasteiger partial charge >= 0.3 is 12.6 Å².